The maximum absolute atomic E-state index is 12.7. The van der Waals surface area contributed by atoms with Gasteiger partial charge in [-0.3, -0.25) is 4.79 Å². The molecule has 2 heterocycles. The van der Waals surface area contributed by atoms with Crippen LogP contribution < -0.4 is 0 Å². The summed E-state index contributed by atoms with van der Waals surface area (Å²) in [5.74, 6) is 1.87. The first-order chi connectivity index (χ1) is 9.47. The second-order valence-corrected chi connectivity index (χ2v) is 7.30. The molecule has 0 bridgehead atoms. The lowest BCUT2D eigenvalue weighted by Gasteiger charge is -2.42. The minimum absolute atomic E-state index is 0.0370. The number of hydrogen-bond acceptors (Lipinski definition) is 3. The van der Waals surface area contributed by atoms with Gasteiger partial charge in [0.05, 0.1) is 12.5 Å². The van der Waals surface area contributed by atoms with Crippen molar-refractivity contribution in [3.63, 3.8) is 0 Å². The molecule has 0 aromatic carbocycles. The molecule has 2 amide bonds. The molecule has 2 aliphatic rings. The summed E-state index contributed by atoms with van der Waals surface area (Å²) < 4.78 is 0. The highest BCUT2D eigenvalue weighted by molar-refractivity contribution is 7.99. The molecule has 1 N–H and O–H groups in total. The number of urea groups is 1. The van der Waals surface area contributed by atoms with E-state index >= 15 is 0 Å². The van der Waals surface area contributed by atoms with Crippen molar-refractivity contribution in [1.82, 2.24) is 9.80 Å². The van der Waals surface area contributed by atoms with E-state index in [0.717, 1.165) is 31.0 Å². The second kappa shape index (κ2) is 6.70. The molecular weight excluding hydrogens is 276 g/mol. The summed E-state index contributed by atoms with van der Waals surface area (Å²) >= 11 is 1.74. The zero-order valence-corrected chi connectivity index (χ0v) is 13.1. The average Bonchev–Trinajstić information content (AvgIpc) is 2.36. The van der Waals surface area contributed by atoms with Crippen LogP contribution in [0.5, 0.6) is 0 Å². The summed E-state index contributed by atoms with van der Waals surface area (Å²) in [6.07, 6.45) is 1.22. The number of carbonyl (C=O) groups excluding carboxylic acids is 1. The highest BCUT2D eigenvalue weighted by Crippen LogP contribution is 2.25. The highest BCUT2D eigenvalue weighted by atomic mass is 32.2. The number of amides is 2. The van der Waals surface area contributed by atoms with Crippen molar-refractivity contribution < 1.29 is 14.7 Å². The van der Waals surface area contributed by atoms with Crippen LogP contribution >= 0.6 is 11.8 Å². The normalized spacial score (nSPS) is 31.2. The van der Waals surface area contributed by atoms with Gasteiger partial charge in [0.2, 0.25) is 0 Å². The van der Waals surface area contributed by atoms with Gasteiger partial charge in [0.1, 0.15) is 0 Å². The molecular formula is C14H24N2O3S. The van der Waals surface area contributed by atoms with E-state index < -0.39 is 5.97 Å². The smallest absolute Gasteiger partial charge is 0.320 e. The fourth-order valence-electron chi connectivity index (χ4n) is 3.28. The van der Waals surface area contributed by atoms with E-state index in [4.69, 9.17) is 5.11 Å². The van der Waals surface area contributed by atoms with E-state index in [9.17, 15) is 9.59 Å². The van der Waals surface area contributed by atoms with Crippen molar-refractivity contribution in [3.8, 4) is 0 Å². The molecule has 0 saturated carbocycles. The number of nitrogens with zero attached hydrogens (tertiary/aromatic N) is 2. The molecule has 3 atom stereocenters. The molecule has 0 aromatic rings. The molecule has 6 heteroatoms. The van der Waals surface area contributed by atoms with E-state index in [2.05, 4.69) is 13.8 Å². The van der Waals surface area contributed by atoms with Gasteiger partial charge in [-0.1, -0.05) is 13.8 Å². The Labute approximate surface area is 124 Å². The van der Waals surface area contributed by atoms with E-state index in [1.807, 2.05) is 4.90 Å². The van der Waals surface area contributed by atoms with Crippen molar-refractivity contribution in [3.05, 3.63) is 0 Å². The SMILES string of the molecule is CC1CC(C)CN(C(=O)N2CCSCC2CC(=O)O)C1. The lowest BCUT2D eigenvalue weighted by atomic mass is 9.92. The number of rotatable bonds is 2. The minimum Gasteiger partial charge on any atom is -0.481 e. The lowest BCUT2D eigenvalue weighted by Crippen LogP contribution is -2.55. The summed E-state index contributed by atoms with van der Waals surface area (Å²) in [6, 6.07) is -0.124. The van der Waals surface area contributed by atoms with Gasteiger partial charge in [-0.05, 0) is 18.3 Å². The molecule has 0 aliphatic carbocycles. The number of aliphatic carboxylic acids is 1. The zero-order valence-electron chi connectivity index (χ0n) is 12.2. The molecule has 2 aliphatic heterocycles. The van der Waals surface area contributed by atoms with Crippen LogP contribution in [-0.4, -0.2) is 64.1 Å². The van der Waals surface area contributed by atoms with Crippen LogP contribution in [0.4, 0.5) is 4.79 Å². The summed E-state index contributed by atoms with van der Waals surface area (Å²) in [5.41, 5.74) is 0. The largest absolute Gasteiger partial charge is 0.481 e. The third-order valence-corrected chi connectivity index (χ3v) is 5.11. The molecule has 0 spiro atoms. The minimum atomic E-state index is -0.823. The number of carbonyl (C=O) groups is 2. The van der Waals surface area contributed by atoms with Gasteiger partial charge >= 0.3 is 12.0 Å². The molecule has 2 fully saturated rings. The van der Waals surface area contributed by atoms with Gasteiger partial charge in [-0.15, -0.1) is 0 Å². The average molecular weight is 300 g/mol. The first kappa shape index (κ1) is 15.5. The Bertz CT molecular complexity index is 367. The van der Waals surface area contributed by atoms with Gasteiger partial charge in [-0.25, -0.2) is 4.79 Å². The Hall–Kier alpha value is -0.910. The predicted molar refractivity (Wildman–Crippen MR) is 80.0 cm³/mol. The number of carboxylic acids is 1. The summed E-state index contributed by atoms with van der Waals surface area (Å²) in [5, 5.41) is 9.00. The van der Waals surface area contributed by atoms with Crippen molar-refractivity contribution >= 4 is 23.8 Å². The molecule has 2 saturated heterocycles. The van der Waals surface area contributed by atoms with Crippen molar-refractivity contribution in [2.45, 2.75) is 32.7 Å². The van der Waals surface area contributed by atoms with Crippen LogP contribution in [0.15, 0.2) is 0 Å². The van der Waals surface area contributed by atoms with Gasteiger partial charge in [0.25, 0.3) is 0 Å². The standard InChI is InChI=1S/C14H24N2O3S/c1-10-5-11(2)8-15(7-10)14(19)16-3-4-20-9-12(16)6-13(17)18/h10-12H,3-9H2,1-2H3,(H,17,18). The number of carboxylic acid groups (broad SMARTS) is 1. The Morgan fingerprint density at radius 3 is 2.50 bits per heavy atom. The first-order valence-corrected chi connectivity index (χ1v) is 8.48. The molecule has 0 radical (unpaired) electrons. The van der Waals surface area contributed by atoms with Crippen LogP contribution in [0.1, 0.15) is 26.7 Å². The van der Waals surface area contributed by atoms with Crippen LogP contribution in [0.3, 0.4) is 0 Å². The van der Waals surface area contributed by atoms with E-state index in [1.165, 1.54) is 0 Å². The second-order valence-electron chi connectivity index (χ2n) is 6.15. The molecule has 20 heavy (non-hydrogen) atoms. The third-order valence-electron chi connectivity index (χ3n) is 4.02. The topological polar surface area (TPSA) is 60.9 Å². The van der Waals surface area contributed by atoms with Gasteiger partial charge < -0.3 is 14.9 Å². The zero-order chi connectivity index (χ0) is 14.7. The number of thioether (sulfide) groups is 1. The van der Waals surface area contributed by atoms with Crippen LogP contribution in [0.2, 0.25) is 0 Å². The summed E-state index contributed by atoms with van der Waals surface area (Å²) in [4.78, 5) is 27.3. The Morgan fingerprint density at radius 2 is 1.90 bits per heavy atom. The van der Waals surface area contributed by atoms with Gasteiger partial charge in [0, 0.05) is 31.1 Å². The quantitative estimate of drug-likeness (QED) is 0.847. The lowest BCUT2D eigenvalue weighted by molar-refractivity contribution is -0.138. The molecule has 2 rings (SSSR count). The van der Waals surface area contributed by atoms with Crippen LogP contribution in [0, 0.1) is 11.8 Å². The molecule has 114 valence electrons. The number of hydrogen-bond donors (Lipinski definition) is 1. The maximum atomic E-state index is 12.7. The summed E-state index contributed by atoms with van der Waals surface area (Å²) in [6.45, 7) is 6.62. The molecule has 0 aromatic heterocycles. The predicted octanol–water partition coefficient (Wildman–Crippen LogP) is 1.98. The van der Waals surface area contributed by atoms with Crippen molar-refractivity contribution in [2.24, 2.45) is 11.8 Å². The van der Waals surface area contributed by atoms with Crippen LogP contribution in [-0.2, 0) is 4.79 Å². The number of likely N-dealkylation sites (tertiary alicyclic amines) is 1. The molecule has 3 unspecified atom stereocenters. The van der Waals surface area contributed by atoms with Crippen molar-refractivity contribution in [2.75, 3.05) is 31.1 Å². The van der Waals surface area contributed by atoms with Gasteiger partial charge in [-0.2, -0.15) is 11.8 Å². The third kappa shape index (κ3) is 3.81. The van der Waals surface area contributed by atoms with E-state index in [-0.39, 0.29) is 18.5 Å². The summed E-state index contributed by atoms with van der Waals surface area (Å²) in [7, 11) is 0. The Morgan fingerprint density at radius 1 is 1.25 bits per heavy atom. The highest BCUT2D eigenvalue weighted by Gasteiger charge is 2.34. The fourth-order valence-corrected chi connectivity index (χ4v) is 4.34. The monoisotopic (exact) mass is 300 g/mol. The Kier molecular flexibility index (Phi) is 5.18. The Balaban J connectivity index is 2.03. The fraction of sp³-hybridized carbons (Fsp3) is 0.857. The first-order valence-electron chi connectivity index (χ1n) is 7.32. The van der Waals surface area contributed by atoms with E-state index in [1.54, 1.807) is 16.7 Å². The maximum Gasteiger partial charge on any atom is 0.320 e. The van der Waals surface area contributed by atoms with Gasteiger partial charge in [0.15, 0.2) is 0 Å². The van der Waals surface area contributed by atoms with Crippen LogP contribution in [0.25, 0.3) is 0 Å². The van der Waals surface area contributed by atoms with Crippen molar-refractivity contribution in [1.29, 1.82) is 0 Å². The van der Waals surface area contributed by atoms with E-state index in [0.29, 0.717) is 18.4 Å². The molecule has 5 nitrogen and oxygen atoms in total. The number of piperidine rings is 1.